The van der Waals surface area contributed by atoms with Crippen LogP contribution in [0.15, 0.2) is 29.3 Å². The van der Waals surface area contributed by atoms with E-state index >= 15 is 0 Å². The number of rotatable bonds is 8. The topological polar surface area (TPSA) is 48.9 Å². The molecule has 136 valence electrons. The molecular weight excluding hydrogens is 415 g/mol. The van der Waals surface area contributed by atoms with Crippen LogP contribution in [0.1, 0.15) is 25.8 Å². The third-order valence-electron chi connectivity index (χ3n) is 4.11. The number of anilines is 1. The first-order valence-corrected chi connectivity index (χ1v) is 8.62. The van der Waals surface area contributed by atoms with E-state index in [1.807, 2.05) is 0 Å². The Bertz CT molecular complexity index is 510. The Morgan fingerprint density at radius 1 is 1.33 bits per heavy atom. The zero-order chi connectivity index (χ0) is 16.5. The highest BCUT2D eigenvalue weighted by Crippen LogP contribution is 2.30. The zero-order valence-electron chi connectivity index (χ0n) is 15.0. The van der Waals surface area contributed by atoms with E-state index in [2.05, 4.69) is 58.6 Å². The van der Waals surface area contributed by atoms with Crippen molar-refractivity contribution in [3.63, 3.8) is 0 Å². The summed E-state index contributed by atoms with van der Waals surface area (Å²) in [5, 5.41) is 6.73. The van der Waals surface area contributed by atoms with Gasteiger partial charge in [0, 0.05) is 51.6 Å². The van der Waals surface area contributed by atoms with Gasteiger partial charge in [0.25, 0.3) is 0 Å². The summed E-state index contributed by atoms with van der Waals surface area (Å²) in [6.07, 6.45) is 2.09. The quantitative estimate of drug-likeness (QED) is 0.279. The van der Waals surface area contributed by atoms with Crippen LogP contribution in [0.4, 0.5) is 5.69 Å². The number of aliphatic imine (C=N–C) groups is 1. The van der Waals surface area contributed by atoms with E-state index in [9.17, 15) is 0 Å². The molecule has 0 bridgehead atoms. The summed E-state index contributed by atoms with van der Waals surface area (Å²) in [5.74, 6) is 0.892. The van der Waals surface area contributed by atoms with Gasteiger partial charge in [-0.1, -0.05) is 18.2 Å². The summed E-state index contributed by atoms with van der Waals surface area (Å²) in [7, 11) is 1.72. The first-order valence-electron chi connectivity index (χ1n) is 8.62. The Kier molecular flexibility index (Phi) is 10.1. The van der Waals surface area contributed by atoms with Gasteiger partial charge in [-0.05, 0) is 38.3 Å². The minimum Gasteiger partial charge on any atom is -0.385 e. The van der Waals surface area contributed by atoms with Crippen LogP contribution in [0.25, 0.3) is 0 Å². The minimum atomic E-state index is 0. The van der Waals surface area contributed by atoms with E-state index in [4.69, 9.17) is 4.74 Å². The molecule has 0 amide bonds. The van der Waals surface area contributed by atoms with Crippen LogP contribution in [0.5, 0.6) is 0 Å². The molecule has 0 saturated carbocycles. The Morgan fingerprint density at radius 3 is 2.88 bits per heavy atom. The lowest BCUT2D eigenvalue weighted by Crippen LogP contribution is -2.43. The van der Waals surface area contributed by atoms with Gasteiger partial charge in [0.05, 0.1) is 0 Å². The first kappa shape index (κ1) is 21.0. The second kappa shape index (κ2) is 11.5. The fraction of sp³-hybridized carbons (Fsp3) is 0.611. The second-order valence-electron chi connectivity index (χ2n) is 5.91. The Labute approximate surface area is 163 Å². The maximum Gasteiger partial charge on any atom is 0.191 e. The van der Waals surface area contributed by atoms with Crippen molar-refractivity contribution in [3.8, 4) is 0 Å². The summed E-state index contributed by atoms with van der Waals surface area (Å²) in [6, 6.07) is 9.28. The van der Waals surface area contributed by atoms with Gasteiger partial charge >= 0.3 is 0 Å². The molecule has 0 aliphatic carbocycles. The summed E-state index contributed by atoms with van der Waals surface area (Å²) < 4.78 is 5.06. The average molecular weight is 446 g/mol. The molecule has 0 radical (unpaired) electrons. The normalized spacial score (nSPS) is 16.5. The molecular formula is C18H31IN4O. The largest absolute Gasteiger partial charge is 0.385 e. The molecule has 6 heteroatoms. The molecule has 1 aliphatic rings. The van der Waals surface area contributed by atoms with Crippen LogP contribution in [0, 0.1) is 0 Å². The number of guanidine groups is 1. The maximum absolute atomic E-state index is 5.06. The number of nitrogens with zero attached hydrogens (tertiary/aromatic N) is 2. The predicted octanol–water partition coefficient (Wildman–Crippen LogP) is 2.65. The van der Waals surface area contributed by atoms with Crippen molar-refractivity contribution in [2.45, 2.75) is 32.7 Å². The SMILES string of the molecule is CCNC(=NCCCOC)NCCN1c2ccccc2CC1C.I. The zero-order valence-corrected chi connectivity index (χ0v) is 17.4. The monoisotopic (exact) mass is 446 g/mol. The molecule has 2 rings (SSSR count). The third-order valence-corrected chi connectivity index (χ3v) is 4.11. The van der Waals surface area contributed by atoms with Gasteiger partial charge in [0.2, 0.25) is 0 Å². The molecule has 0 spiro atoms. The average Bonchev–Trinajstić information content (AvgIpc) is 2.87. The highest BCUT2D eigenvalue weighted by molar-refractivity contribution is 14.0. The van der Waals surface area contributed by atoms with Crippen LogP contribution in [0.3, 0.4) is 0 Å². The van der Waals surface area contributed by atoms with Crippen LogP contribution >= 0.6 is 24.0 Å². The fourth-order valence-corrected chi connectivity index (χ4v) is 3.01. The molecule has 5 nitrogen and oxygen atoms in total. The molecule has 2 N–H and O–H groups in total. The molecule has 1 heterocycles. The Hall–Kier alpha value is -1.02. The van der Waals surface area contributed by atoms with Gasteiger partial charge < -0.3 is 20.3 Å². The number of ether oxygens (including phenoxy) is 1. The lowest BCUT2D eigenvalue weighted by Gasteiger charge is -2.25. The summed E-state index contributed by atoms with van der Waals surface area (Å²) in [6.45, 7) is 8.67. The molecule has 1 aromatic carbocycles. The van der Waals surface area contributed by atoms with Crippen LogP contribution in [0.2, 0.25) is 0 Å². The van der Waals surface area contributed by atoms with Gasteiger partial charge in [-0.25, -0.2) is 0 Å². The second-order valence-corrected chi connectivity index (χ2v) is 5.91. The molecule has 0 aromatic heterocycles. The lowest BCUT2D eigenvalue weighted by atomic mass is 10.1. The number of hydrogen-bond acceptors (Lipinski definition) is 3. The van der Waals surface area contributed by atoms with Crippen molar-refractivity contribution in [1.82, 2.24) is 10.6 Å². The van der Waals surface area contributed by atoms with Gasteiger partial charge in [-0.3, -0.25) is 4.99 Å². The minimum absolute atomic E-state index is 0. The molecule has 0 fully saturated rings. The molecule has 1 aliphatic heterocycles. The van der Waals surface area contributed by atoms with Crippen LogP contribution in [-0.2, 0) is 11.2 Å². The van der Waals surface area contributed by atoms with Crippen molar-refractivity contribution in [1.29, 1.82) is 0 Å². The van der Waals surface area contributed by atoms with Gasteiger partial charge in [0.1, 0.15) is 0 Å². The summed E-state index contributed by atoms with van der Waals surface area (Å²) in [4.78, 5) is 7.06. The Morgan fingerprint density at radius 2 is 2.12 bits per heavy atom. The number of fused-ring (bicyclic) bond motifs is 1. The smallest absolute Gasteiger partial charge is 0.191 e. The number of halogens is 1. The standard InChI is InChI=1S/C18H30N4O.HI/c1-4-19-18(20-10-7-13-23-3)21-11-12-22-15(2)14-16-8-5-6-9-17(16)22;/h5-6,8-9,15H,4,7,10-14H2,1-3H3,(H2,19,20,21);1H. The molecule has 1 atom stereocenters. The van der Waals surface area contributed by atoms with Crippen molar-refractivity contribution >= 4 is 35.6 Å². The summed E-state index contributed by atoms with van der Waals surface area (Å²) in [5.41, 5.74) is 2.84. The first-order chi connectivity index (χ1) is 11.3. The number of para-hydroxylation sites is 1. The molecule has 1 unspecified atom stereocenters. The Balaban J connectivity index is 0.00000288. The molecule has 24 heavy (non-hydrogen) atoms. The maximum atomic E-state index is 5.06. The van der Waals surface area contributed by atoms with Gasteiger partial charge in [-0.15, -0.1) is 24.0 Å². The van der Waals surface area contributed by atoms with E-state index in [0.29, 0.717) is 6.04 Å². The predicted molar refractivity (Wildman–Crippen MR) is 113 cm³/mol. The van der Waals surface area contributed by atoms with Gasteiger partial charge in [0.15, 0.2) is 5.96 Å². The van der Waals surface area contributed by atoms with Crippen molar-refractivity contribution in [2.24, 2.45) is 4.99 Å². The number of benzene rings is 1. The van der Waals surface area contributed by atoms with E-state index in [-0.39, 0.29) is 24.0 Å². The number of hydrogen-bond donors (Lipinski definition) is 2. The van der Waals surface area contributed by atoms with Gasteiger partial charge in [-0.2, -0.15) is 0 Å². The molecule has 0 saturated heterocycles. The van der Waals surface area contributed by atoms with Crippen molar-refractivity contribution in [2.75, 3.05) is 44.8 Å². The van der Waals surface area contributed by atoms with E-state index in [1.165, 1.54) is 11.3 Å². The third kappa shape index (κ3) is 6.12. The van der Waals surface area contributed by atoms with Crippen molar-refractivity contribution in [3.05, 3.63) is 29.8 Å². The van der Waals surface area contributed by atoms with E-state index in [0.717, 1.165) is 51.6 Å². The molecule has 1 aromatic rings. The van der Waals surface area contributed by atoms with Crippen molar-refractivity contribution < 1.29 is 4.74 Å². The van der Waals surface area contributed by atoms with E-state index in [1.54, 1.807) is 7.11 Å². The van der Waals surface area contributed by atoms with E-state index < -0.39 is 0 Å². The fourth-order valence-electron chi connectivity index (χ4n) is 3.01. The lowest BCUT2D eigenvalue weighted by molar-refractivity contribution is 0.197. The van der Waals surface area contributed by atoms with Crippen LogP contribution in [-0.4, -0.2) is 51.9 Å². The summed E-state index contributed by atoms with van der Waals surface area (Å²) >= 11 is 0. The number of methoxy groups -OCH3 is 1. The van der Waals surface area contributed by atoms with Crippen LogP contribution < -0.4 is 15.5 Å². The highest BCUT2D eigenvalue weighted by atomic mass is 127. The highest BCUT2D eigenvalue weighted by Gasteiger charge is 2.24. The number of nitrogens with one attached hydrogen (secondary N) is 2.